The van der Waals surface area contributed by atoms with Crippen molar-refractivity contribution in [3.8, 4) is 0 Å². The molecule has 2 rings (SSSR count). The molecule has 2 aliphatic rings. The largest absolute Gasteiger partial charge is 0.481 e. The molecule has 0 aliphatic heterocycles. The van der Waals surface area contributed by atoms with E-state index in [-0.39, 0.29) is 30.3 Å². The summed E-state index contributed by atoms with van der Waals surface area (Å²) in [6.45, 7) is 9.43. The zero-order valence-electron chi connectivity index (χ0n) is 18.5. The fourth-order valence-electron chi connectivity index (χ4n) is 5.62. The van der Waals surface area contributed by atoms with Crippen LogP contribution in [-0.4, -0.2) is 35.4 Å². The molecule has 0 aromatic carbocycles. The first-order valence-corrected chi connectivity index (χ1v) is 11.0. The van der Waals surface area contributed by atoms with Crippen LogP contribution >= 0.6 is 0 Å². The number of carboxylic acid groups (broad SMARTS) is 1. The van der Waals surface area contributed by atoms with Gasteiger partial charge in [0, 0.05) is 5.41 Å². The molecule has 4 atom stereocenters. The summed E-state index contributed by atoms with van der Waals surface area (Å²) in [5.41, 5.74) is 2.53. The van der Waals surface area contributed by atoms with Gasteiger partial charge in [0.1, 0.15) is 6.61 Å². The lowest BCUT2D eigenvalue weighted by molar-refractivity contribution is -0.156. The van der Waals surface area contributed by atoms with E-state index in [2.05, 4.69) is 33.8 Å². The molecule has 0 aromatic rings. The Morgan fingerprint density at radius 1 is 1.28 bits per heavy atom. The summed E-state index contributed by atoms with van der Waals surface area (Å²) in [7, 11) is 0. The van der Waals surface area contributed by atoms with E-state index in [1.807, 2.05) is 6.08 Å². The molecule has 1 saturated carbocycles. The number of ether oxygens (including phenoxy) is 1. The molecule has 0 bridgehead atoms. The lowest BCUT2D eigenvalue weighted by Crippen LogP contribution is -2.53. The standard InChI is InChI=1S/C24H38O5/c1-17(12-15-25)10-13-23(4)18(2)11-14-24(19(3)6-5-7-20(23)24)16-29-22(28)9-8-21(26)27/h6,12,18,20,25H,5,7-11,13-16H2,1-4H3,(H,26,27). The number of fused-ring (bicyclic) bond motifs is 1. The van der Waals surface area contributed by atoms with Gasteiger partial charge in [-0.05, 0) is 69.6 Å². The zero-order chi connectivity index (χ0) is 21.7. The maximum absolute atomic E-state index is 12.1. The number of rotatable bonds is 9. The minimum atomic E-state index is -0.975. The highest BCUT2D eigenvalue weighted by Gasteiger charge is 2.55. The van der Waals surface area contributed by atoms with E-state index in [0.717, 1.165) is 38.5 Å². The number of hydrogen-bond acceptors (Lipinski definition) is 4. The average molecular weight is 407 g/mol. The molecular formula is C24H38O5. The van der Waals surface area contributed by atoms with E-state index in [4.69, 9.17) is 9.84 Å². The third-order valence-electron chi connectivity index (χ3n) is 7.84. The highest BCUT2D eigenvalue weighted by Crippen LogP contribution is 2.62. The van der Waals surface area contributed by atoms with Gasteiger partial charge in [0.2, 0.25) is 0 Å². The summed E-state index contributed by atoms with van der Waals surface area (Å²) in [6, 6.07) is 0. The van der Waals surface area contributed by atoms with Crippen LogP contribution in [0.4, 0.5) is 0 Å². The van der Waals surface area contributed by atoms with Crippen molar-refractivity contribution in [3.05, 3.63) is 23.3 Å². The van der Waals surface area contributed by atoms with E-state index in [0.29, 0.717) is 18.4 Å². The van der Waals surface area contributed by atoms with Crippen molar-refractivity contribution < 1.29 is 24.5 Å². The number of carbonyl (C=O) groups is 2. The molecular weight excluding hydrogens is 368 g/mol. The molecule has 0 aromatic heterocycles. The Balaban J connectivity index is 2.22. The number of aliphatic hydroxyl groups is 1. The second-order valence-electron chi connectivity index (χ2n) is 9.41. The topological polar surface area (TPSA) is 83.8 Å². The number of hydrogen-bond donors (Lipinski definition) is 2. The molecule has 2 aliphatic carbocycles. The number of allylic oxidation sites excluding steroid dienone is 2. The molecule has 0 spiro atoms. The Bertz CT molecular complexity index is 664. The summed E-state index contributed by atoms with van der Waals surface area (Å²) in [5, 5.41) is 18.0. The Kier molecular flexibility index (Phi) is 8.10. The van der Waals surface area contributed by atoms with Crippen molar-refractivity contribution in [1.29, 1.82) is 0 Å². The van der Waals surface area contributed by atoms with Gasteiger partial charge in [-0.3, -0.25) is 9.59 Å². The van der Waals surface area contributed by atoms with Crippen molar-refractivity contribution in [2.75, 3.05) is 13.2 Å². The summed E-state index contributed by atoms with van der Waals surface area (Å²) in [6.07, 6.45) is 10.2. The van der Waals surface area contributed by atoms with Gasteiger partial charge >= 0.3 is 11.9 Å². The van der Waals surface area contributed by atoms with Gasteiger partial charge in [0.05, 0.1) is 19.4 Å². The van der Waals surface area contributed by atoms with E-state index in [9.17, 15) is 14.7 Å². The number of esters is 1. The first-order chi connectivity index (χ1) is 13.7. The first kappa shape index (κ1) is 23.7. The van der Waals surface area contributed by atoms with Crippen LogP contribution in [0.3, 0.4) is 0 Å². The first-order valence-electron chi connectivity index (χ1n) is 11.0. The molecule has 0 heterocycles. The number of aliphatic hydroxyl groups excluding tert-OH is 1. The van der Waals surface area contributed by atoms with Gasteiger partial charge in [0.25, 0.3) is 0 Å². The van der Waals surface area contributed by atoms with Gasteiger partial charge in [-0.15, -0.1) is 0 Å². The van der Waals surface area contributed by atoms with Crippen molar-refractivity contribution >= 4 is 11.9 Å². The van der Waals surface area contributed by atoms with E-state index >= 15 is 0 Å². The second-order valence-corrected chi connectivity index (χ2v) is 9.41. The maximum atomic E-state index is 12.1. The smallest absolute Gasteiger partial charge is 0.306 e. The summed E-state index contributed by atoms with van der Waals surface area (Å²) in [4.78, 5) is 22.9. The van der Waals surface area contributed by atoms with Crippen LogP contribution in [0.5, 0.6) is 0 Å². The van der Waals surface area contributed by atoms with Crippen LogP contribution in [0.2, 0.25) is 0 Å². The summed E-state index contributed by atoms with van der Waals surface area (Å²) in [5.74, 6) is -0.382. The Hall–Kier alpha value is -1.62. The van der Waals surface area contributed by atoms with Crippen LogP contribution in [0.1, 0.15) is 79.1 Å². The SMILES string of the molecule is CC(=CCO)CCC1(C)C(C)CCC2(COC(=O)CCC(=O)O)C(C)=CCCC21. The fraction of sp³-hybridized carbons (Fsp3) is 0.750. The van der Waals surface area contributed by atoms with Gasteiger partial charge in [-0.2, -0.15) is 0 Å². The zero-order valence-corrected chi connectivity index (χ0v) is 18.5. The van der Waals surface area contributed by atoms with Crippen LogP contribution < -0.4 is 0 Å². The monoisotopic (exact) mass is 406 g/mol. The van der Waals surface area contributed by atoms with Gasteiger partial charge < -0.3 is 14.9 Å². The molecule has 0 radical (unpaired) electrons. The Morgan fingerprint density at radius 3 is 2.66 bits per heavy atom. The molecule has 5 nitrogen and oxygen atoms in total. The van der Waals surface area contributed by atoms with Crippen LogP contribution in [-0.2, 0) is 14.3 Å². The van der Waals surface area contributed by atoms with Crippen LogP contribution in [0.25, 0.3) is 0 Å². The van der Waals surface area contributed by atoms with Gasteiger partial charge in [0.15, 0.2) is 0 Å². The predicted octanol–water partition coefficient (Wildman–Crippen LogP) is 4.89. The molecule has 1 fully saturated rings. The molecule has 164 valence electrons. The minimum Gasteiger partial charge on any atom is -0.481 e. The quantitative estimate of drug-likeness (QED) is 0.421. The van der Waals surface area contributed by atoms with Crippen LogP contribution in [0.15, 0.2) is 23.3 Å². The highest BCUT2D eigenvalue weighted by molar-refractivity contribution is 5.76. The number of carboxylic acids is 1. The summed E-state index contributed by atoms with van der Waals surface area (Å²) >= 11 is 0. The number of aliphatic carboxylic acids is 1. The van der Waals surface area contributed by atoms with Crippen molar-refractivity contribution in [1.82, 2.24) is 0 Å². The number of carbonyl (C=O) groups excluding carboxylic acids is 1. The summed E-state index contributed by atoms with van der Waals surface area (Å²) < 4.78 is 5.67. The van der Waals surface area contributed by atoms with E-state index in [1.165, 1.54) is 11.1 Å². The Labute approximate surface area is 175 Å². The molecule has 5 heteroatoms. The molecule has 2 N–H and O–H groups in total. The normalized spacial score (nSPS) is 32.3. The third kappa shape index (κ3) is 5.30. The van der Waals surface area contributed by atoms with Gasteiger partial charge in [-0.1, -0.05) is 37.1 Å². The lowest BCUT2D eigenvalue weighted by Gasteiger charge is -2.59. The molecule has 0 amide bonds. The predicted molar refractivity (Wildman–Crippen MR) is 113 cm³/mol. The molecule has 29 heavy (non-hydrogen) atoms. The van der Waals surface area contributed by atoms with E-state index in [1.54, 1.807) is 0 Å². The second kappa shape index (κ2) is 9.92. The molecule has 0 saturated heterocycles. The minimum absolute atomic E-state index is 0.0718. The van der Waals surface area contributed by atoms with Gasteiger partial charge in [-0.25, -0.2) is 0 Å². The average Bonchev–Trinajstić information content (AvgIpc) is 2.67. The Morgan fingerprint density at radius 2 is 2.00 bits per heavy atom. The maximum Gasteiger partial charge on any atom is 0.306 e. The third-order valence-corrected chi connectivity index (χ3v) is 7.84. The van der Waals surface area contributed by atoms with Crippen molar-refractivity contribution in [3.63, 3.8) is 0 Å². The lowest BCUT2D eigenvalue weighted by atomic mass is 9.46. The fourth-order valence-corrected chi connectivity index (χ4v) is 5.62. The van der Waals surface area contributed by atoms with Crippen molar-refractivity contribution in [2.45, 2.75) is 79.1 Å². The van der Waals surface area contributed by atoms with Crippen molar-refractivity contribution in [2.24, 2.45) is 22.7 Å². The molecule has 4 unspecified atom stereocenters. The van der Waals surface area contributed by atoms with Crippen LogP contribution in [0, 0.1) is 22.7 Å². The van der Waals surface area contributed by atoms with E-state index < -0.39 is 11.9 Å². The highest BCUT2D eigenvalue weighted by atomic mass is 16.5.